The maximum atomic E-state index is 14.7. The first kappa shape index (κ1) is 30.1. The van der Waals surface area contributed by atoms with Crippen LogP contribution in [0.5, 0.6) is 0 Å². The van der Waals surface area contributed by atoms with Crippen LogP contribution in [0, 0.1) is 0 Å². The van der Waals surface area contributed by atoms with Crippen molar-refractivity contribution in [1.82, 2.24) is 9.88 Å². The van der Waals surface area contributed by atoms with Gasteiger partial charge < -0.3 is 9.80 Å². The fourth-order valence-corrected chi connectivity index (χ4v) is 10.3. The Labute approximate surface area is 300 Å². The maximum Gasteiger partial charge on any atom is 0.266 e. The van der Waals surface area contributed by atoms with Gasteiger partial charge in [-0.25, -0.2) is 4.90 Å². The van der Waals surface area contributed by atoms with E-state index >= 15 is 0 Å². The molecule has 1 aromatic heterocycles. The van der Waals surface area contributed by atoms with Gasteiger partial charge in [0.05, 0.1) is 16.8 Å². The zero-order valence-corrected chi connectivity index (χ0v) is 28.9. The Morgan fingerprint density at radius 2 is 0.962 bits per heavy atom. The van der Waals surface area contributed by atoms with Crippen molar-refractivity contribution in [3.8, 4) is 0 Å². The summed E-state index contributed by atoms with van der Waals surface area (Å²) in [5.74, 6) is -1.08. The van der Waals surface area contributed by atoms with Gasteiger partial charge in [-0.05, 0) is 85.7 Å². The van der Waals surface area contributed by atoms with Gasteiger partial charge in [0.15, 0.2) is 0 Å². The number of fused-ring (bicyclic) bond motifs is 2. The van der Waals surface area contributed by atoms with Crippen LogP contribution in [0.2, 0.25) is 0 Å². The zero-order valence-electron chi connectivity index (χ0n) is 28.9. The third-order valence-electron chi connectivity index (χ3n) is 12.6. The Kier molecular flexibility index (Phi) is 6.35. The van der Waals surface area contributed by atoms with E-state index < -0.39 is 0 Å². The molecule has 3 fully saturated rings. The van der Waals surface area contributed by atoms with E-state index in [0.717, 1.165) is 133 Å². The molecule has 9 nitrogen and oxygen atoms in total. The standard InChI is InChI=1S/C43H37N5O4/c49-40-28-12-10-26-37-33(46-20-6-7-21-46)23-31-35-29(41(50)48(43(31)52)25-14-16-44-17-15-25)13-11-27(39(35)37)36-32(45-18-4-5-19-45)22-30(34(28)38(26)36)42(51)47(40)24-8-2-1-3-9-24/h10-17,22-24H,1-9,18-21H2. The van der Waals surface area contributed by atoms with Crippen molar-refractivity contribution < 1.29 is 19.2 Å². The van der Waals surface area contributed by atoms with Gasteiger partial charge >= 0.3 is 0 Å². The van der Waals surface area contributed by atoms with Gasteiger partial charge in [-0.3, -0.25) is 29.1 Å². The highest BCUT2D eigenvalue weighted by Gasteiger charge is 2.42. The van der Waals surface area contributed by atoms with Crippen LogP contribution in [0.3, 0.4) is 0 Å². The van der Waals surface area contributed by atoms with E-state index in [-0.39, 0.29) is 29.7 Å². The van der Waals surface area contributed by atoms with E-state index in [1.807, 2.05) is 24.3 Å². The van der Waals surface area contributed by atoms with Gasteiger partial charge in [0.1, 0.15) is 0 Å². The van der Waals surface area contributed by atoms with Crippen LogP contribution < -0.4 is 14.7 Å². The molecule has 5 aliphatic rings. The molecule has 0 atom stereocenters. The lowest BCUT2D eigenvalue weighted by Crippen LogP contribution is -2.47. The fourth-order valence-electron chi connectivity index (χ4n) is 10.3. The number of anilines is 3. The summed E-state index contributed by atoms with van der Waals surface area (Å²) in [7, 11) is 0. The molecule has 1 saturated carbocycles. The summed E-state index contributed by atoms with van der Waals surface area (Å²) in [6.45, 7) is 3.46. The van der Waals surface area contributed by atoms with Gasteiger partial charge in [-0.15, -0.1) is 0 Å². The number of amides is 4. The summed E-state index contributed by atoms with van der Waals surface area (Å²) in [6, 6.07) is 15.3. The minimum Gasteiger partial charge on any atom is -0.371 e. The number of aromatic nitrogens is 1. The van der Waals surface area contributed by atoms with Crippen LogP contribution >= 0.6 is 0 Å². The fraction of sp³-hybridized carbons (Fsp3) is 0.326. The number of imide groups is 2. The van der Waals surface area contributed by atoms with Crippen molar-refractivity contribution in [2.75, 3.05) is 40.9 Å². The van der Waals surface area contributed by atoms with Crippen LogP contribution in [0.4, 0.5) is 17.1 Å². The van der Waals surface area contributed by atoms with E-state index in [1.54, 1.807) is 29.4 Å². The Bertz CT molecular complexity index is 2560. The maximum absolute atomic E-state index is 14.7. The molecule has 0 spiro atoms. The molecular weight excluding hydrogens is 651 g/mol. The van der Waals surface area contributed by atoms with Crippen molar-refractivity contribution in [1.29, 1.82) is 0 Å². The first-order valence-corrected chi connectivity index (χ1v) is 19.0. The van der Waals surface area contributed by atoms with Gasteiger partial charge in [0, 0.05) is 99.4 Å². The van der Waals surface area contributed by atoms with Crippen LogP contribution in [0.25, 0.3) is 43.1 Å². The second kappa shape index (κ2) is 11.0. The molecule has 6 aromatic rings. The average Bonchev–Trinajstić information content (AvgIpc) is 3.92. The predicted octanol–water partition coefficient (Wildman–Crippen LogP) is 8.06. The topological polar surface area (TPSA) is 94.1 Å². The molecule has 0 radical (unpaired) electrons. The number of pyridine rings is 1. The molecule has 5 heterocycles. The molecule has 11 rings (SSSR count). The van der Waals surface area contributed by atoms with Crippen LogP contribution in [0.15, 0.2) is 60.9 Å². The number of nitrogens with zero attached hydrogens (tertiary/aromatic N) is 5. The third-order valence-corrected chi connectivity index (χ3v) is 12.6. The minimum atomic E-state index is -0.357. The van der Waals surface area contributed by atoms with Gasteiger partial charge in [0.25, 0.3) is 23.6 Å². The Morgan fingerprint density at radius 3 is 1.52 bits per heavy atom. The van der Waals surface area contributed by atoms with Crippen molar-refractivity contribution in [2.24, 2.45) is 0 Å². The number of hydrogen-bond donors (Lipinski definition) is 0. The molecule has 9 heteroatoms. The predicted molar refractivity (Wildman–Crippen MR) is 203 cm³/mol. The first-order valence-electron chi connectivity index (χ1n) is 19.0. The number of hydrogen-bond acceptors (Lipinski definition) is 7. The lowest BCUT2D eigenvalue weighted by Gasteiger charge is -2.37. The number of carbonyl (C=O) groups excluding carboxylic acids is 4. The smallest absolute Gasteiger partial charge is 0.266 e. The second-order valence-corrected chi connectivity index (χ2v) is 15.3. The molecule has 0 bridgehead atoms. The molecular formula is C43H37N5O4. The van der Waals surface area contributed by atoms with Gasteiger partial charge in [-0.1, -0.05) is 31.4 Å². The highest BCUT2D eigenvalue weighted by atomic mass is 16.2. The van der Waals surface area contributed by atoms with E-state index in [4.69, 9.17) is 0 Å². The normalized spacial score (nSPS) is 19.6. The molecule has 0 N–H and O–H groups in total. The number of benzene rings is 5. The monoisotopic (exact) mass is 687 g/mol. The van der Waals surface area contributed by atoms with Crippen molar-refractivity contribution >= 4 is 83.8 Å². The average molecular weight is 688 g/mol. The van der Waals surface area contributed by atoms with Crippen molar-refractivity contribution in [2.45, 2.75) is 63.8 Å². The lowest BCUT2D eigenvalue weighted by molar-refractivity contribution is 0.0502. The van der Waals surface area contributed by atoms with E-state index in [9.17, 15) is 19.2 Å². The molecule has 5 aromatic carbocycles. The second-order valence-electron chi connectivity index (χ2n) is 15.3. The summed E-state index contributed by atoms with van der Waals surface area (Å²) in [5.41, 5.74) is 4.64. The van der Waals surface area contributed by atoms with E-state index in [0.29, 0.717) is 33.3 Å². The summed E-state index contributed by atoms with van der Waals surface area (Å²) < 4.78 is 0. The van der Waals surface area contributed by atoms with E-state index in [2.05, 4.69) is 26.9 Å². The van der Waals surface area contributed by atoms with Gasteiger partial charge in [0.2, 0.25) is 0 Å². The molecule has 0 unspecified atom stereocenters. The molecule has 1 aliphatic carbocycles. The van der Waals surface area contributed by atoms with Gasteiger partial charge in [-0.2, -0.15) is 0 Å². The molecule has 2 saturated heterocycles. The Morgan fingerprint density at radius 1 is 0.481 bits per heavy atom. The molecule has 4 amide bonds. The highest BCUT2D eigenvalue weighted by molar-refractivity contribution is 6.46. The largest absolute Gasteiger partial charge is 0.371 e. The molecule has 258 valence electrons. The first-order chi connectivity index (χ1) is 25.5. The third kappa shape index (κ3) is 3.91. The van der Waals surface area contributed by atoms with Crippen molar-refractivity contribution in [3.05, 3.63) is 83.2 Å². The summed E-state index contributed by atoms with van der Waals surface area (Å²) >= 11 is 0. The Hall–Kier alpha value is -5.57. The van der Waals surface area contributed by atoms with Crippen LogP contribution in [-0.2, 0) is 0 Å². The lowest BCUT2D eigenvalue weighted by atomic mass is 9.80. The summed E-state index contributed by atoms with van der Waals surface area (Å²) in [5, 5.41) is 7.13. The number of carbonyl (C=O) groups is 4. The number of rotatable bonds is 4. The van der Waals surface area contributed by atoms with Crippen molar-refractivity contribution in [3.63, 3.8) is 0 Å². The zero-order chi connectivity index (χ0) is 34.8. The summed E-state index contributed by atoms with van der Waals surface area (Å²) in [4.78, 5) is 69.8. The van der Waals surface area contributed by atoms with E-state index in [1.165, 1.54) is 4.90 Å². The minimum absolute atomic E-state index is 0.0835. The Balaban J connectivity index is 1.28. The highest BCUT2D eigenvalue weighted by Crippen LogP contribution is 2.53. The SMILES string of the molecule is O=C1c2ccc3c4c(N5CCCC5)cc5c6c(ccc(c7c(N8CCCC8)cc(c2c37)C(=O)N1c1ccncc1)c64)C(=O)N(C1CCCCC1)C5=O. The molecule has 4 aliphatic heterocycles. The molecule has 52 heavy (non-hydrogen) atoms. The van der Waals surface area contributed by atoms with Crippen LogP contribution in [-0.4, -0.2) is 65.7 Å². The quantitative estimate of drug-likeness (QED) is 0.105. The summed E-state index contributed by atoms with van der Waals surface area (Å²) in [6.07, 6.45) is 12.3. The van der Waals surface area contributed by atoms with Crippen LogP contribution in [0.1, 0.15) is 99.2 Å².